The van der Waals surface area contributed by atoms with Crippen molar-refractivity contribution in [2.45, 2.75) is 44.0 Å². The van der Waals surface area contributed by atoms with Gasteiger partial charge >= 0.3 is 5.97 Å². The standard InChI is InChI=1S/C13H20N2O3S/c1-6-18-12(17)9(4)19-13-14-10(8(2)3)7-11(16)15(13)5/h7-9H,6H2,1-5H3/t9-/m1/s1. The van der Waals surface area contributed by atoms with Crippen molar-refractivity contribution in [3.05, 3.63) is 22.1 Å². The predicted molar refractivity (Wildman–Crippen MR) is 75.5 cm³/mol. The van der Waals surface area contributed by atoms with Gasteiger partial charge in [-0.25, -0.2) is 4.98 Å². The maximum Gasteiger partial charge on any atom is 0.319 e. The molecule has 19 heavy (non-hydrogen) atoms. The van der Waals surface area contributed by atoms with Crippen LogP contribution in [0.25, 0.3) is 0 Å². The van der Waals surface area contributed by atoms with Crippen molar-refractivity contribution in [3.8, 4) is 0 Å². The molecule has 1 aromatic heterocycles. The summed E-state index contributed by atoms with van der Waals surface area (Å²) in [4.78, 5) is 27.9. The van der Waals surface area contributed by atoms with Gasteiger partial charge in [-0.2, -0.15) is 0 Å². The smallest absolute Gasteiger partial charge is 0.319 e. The molecule has 0 N–H and O–H groups in total. The number of ether oxygens (including phenoxy) is 1. The van der Waals surface area contributed by atoms with Crippen LogP contribution in [0.15, 0.2) is 16.0 Å². The molecule has 106 valence electrons. The van der Waals surface area contributed by atoms with Crippen LogP contribution < -0.4 is 5.56 Å². The quantitative estimate of drug-likeness (QED) is 0.470. The minimum Gasteiger partial charge on any atom is -0.465 e. The van der Waals surface area contributed by atoms with Crippen molar-refractivity contribution in [2.75, 3.05) is 6.61 Å². The summed E-state index contributed by atoms with van der Waals surface area (Å²) in [6.07, 6.45) is 0. The summed E-state index contributed by atoms with van der Waals surface area (Å²) < 4.78 is 6.40. The van der Waals surface area contributed by atoms with Gasteiger partial charge < -0.3 is 4.74 Å². The summed E-state index contributed by atoms with van der Waals surface area (Å²) in [6, 6.07) is 1.53. The highest BCUT2D eigenvalue weighted by molar-refractivity contribution is 8.00. The molecule has 0 aliphatic rings. The third-order valence-electron chi connectivity index (χ3n) is 2.61. The third-order valence-corrected chi connectivity index (χ3v) is 3.73. The van der Waals surface area contributed by atoms with Gasteiger partial charge in [-0.15, -0.1) is 0 Å². The molecular weight excluding hydrogens is 264 g/mol. The van der Waals surface area contributed by atoms with E-state index in [1.54, 1.807) is 20.9 Å². The fraction of sp³-hybridized carbons (Fsp3) is 0.615. The Morgan fingerprint density at radius 1 is 1.47 bits per heavy atom. The van der Waals surface area contributed by atoms with Crippen LogP contribution in [0.4, 0.5) is 0 Å². The summed E-state index contributed by atoms with van der Waals surface area (Å²) in [6.45, 7) is 7.82. The molecule has 0 aliphatic carbocycles. The number of hydrogen-bond donors (Lipinski definition) is 0. The van der Waals surface area contributed by atoms with E-state index >= 15 is 0 Å². The molecule has 1 aromatic rings. The number of rotatable bonds is 5. The van der Waals surface area contributed by atoms with Gasteiger partial charge in [-0.1, -0.05) is 25.6 Å². The first kappa shape index (κ1) is 15.8. The summed E-state index contributed by atoms with van der Waals surface area (Å²) >= 11 is 1.24. The van der Waals surface area contributed by atoms with Crippen LogP contribution in [0, 0.1) is 0 Å². The molecule has 0 saturated heterocycles. The Hall–Kier alpha value is -1.30. The molecule has 1 heterocycles. The first-order chi connectivity index (χ1) is 8.86. The minimum absolute atomic E-state index is 0.114. The fourth-order valence-electron chi connectivity index (χ4n) is 1.40. The molecule has 0 fully saturated rings. The second-order valence-electron chi connectivity index (χ2n) is 4.53. The second-order valence-corrected chi connectivity index (χ2v) is 5.84. The Bertz CT molecular complexity index is 511. The molecule has 0 radical (unpaired) electrons. The first-order valence-corrected chi connectivity index (χ1v) is 7.16. The van der Waals surface area contributed by atoms with Crippen molar-refractivity contribution in [2.24, 2.45) is 7.05 Å². The molecule has 1 rings (SSSR count). The lowest BCUT2D eigenvalue weighted by atomic mass is 10.1. The van der Waals surface area contributed by atoms with Gasteiger partial charge in [-0.3, -0.25) is 14.2 Å². The van der Waals surface area contributed by atoms with E-state index in [-0.39, 0.29) is 22.7 Å². The van der Waals surface area contributed by atoms with Gasteiger partial charge in [0.1, 0.15) is 5.25 Å². The molecule has 0 spiro atoms. The van der Waals surface area contributed by atoms with Crippen LogP contribution in [0.2, 0.25) is 0 Å². The van der Waals surface area contributed by atoms with Crippen molar-refractivity contribution >= 4 is 17.7 Å². The number of carbonyl (C=O) groups excluding carboxylic acids is 1. The number of hydrogen-bond acceptors (Lipinski definition) is 5. The Kier molecular flexibility index (Phi) is 5.60. The van der Waals surface area contributed by atoms with E-state index in [9.17, 15) is 9.59 Å². The minimum atomic E-state index is -0.388. The lowest BCUT2D eigenvalue weighted by Crippen LogP contribution is -2.23. The normalized spacial score (nSPS) is 12.5. The second kappa shape index (κ2) is 6.75. The molecular formula is C13H20N2O3S. The summed E-state index contributed by atoms with van der Waals surface area (Å²) in [7, 11) is 1.65. The average Bonchev–Trinajstić information content (AvgIpc) is 2.34. The Balaban J connectivity index is 3.00. The van der Waals surface area contributed by atoms with E-state index < -0.39 is 0 Å². The van der Waals surface area contributed by atoms with Crippen molar-refractivity contribution in [1.29, 1.82) is 0 Å². The van der Waals surface area contributed by atoms with Crippen molar-refractivity contribution in [1.82, 2.24) is 9.55 Å². The highest BCUT2D eigenvalue weighted by Crippen LogP contribution is 2.22. The lowest BCUT2D eigenvalue weighted by Gasteiger charge is -2.14. The van der Waals surface area contributed by atoms with Gasteiger partial charge in [0.25, 0.3) is 5.56 Å². The van der Waals surface area contributed by atoms with Gasteiger partial charge in [0, 0.05) is 13.1 Å². The van der Waals surface area contributed by atoms with Crippen LogP contribution >= 0.6 is 11.8 Å². The third kappa shape index (κ3) is 4.09. The Labute approximate surface area is 117 Å². The van der Waals surface area contributed by atoms with E-state index in [1.807, 2.05) is 13.8 Å². The van der Waals surface area contributed by atoms with Crippen LogP contribution in [0.5, 0.6) is 0 Å². The van der Waals surface area contributed by atoms with E-state index in [2.05, 4.69) is 4.98 Å². The first-order valence-electron chi connectivity index (χ1n) is 6.28. The fourth-order valence-corrected chi connectivity index (χ4v) is 2.29. The molecule has 0 unspecified atom stereocenters. The SMILES string of the molecule is CCOC(=O)[C@@H](C)Sc1nc(C(C)C)cc(=O)n1C. The predicted octanol–water partition coefficient (Wildman–Crippen LogP) is 1.95. The van der Waals surface area contributed by atoms with Crippen LogP contribution in [0.1, 0.15) is 39.3 Å². The van der Waals surface area contributed by atoms with E-state index in [1.165, 1.54) is 22.4 Å². The molecule has 0 bridgehead atoms. The molecule has 0 amide bonds. The monoisotopic (exact) mass is 284 g/mol. The molecule has 5 nitrogen and oxygen atoms in total. The van der Waals surface area contributed by atoms with E-state index in [4.69, 9.17) is 4.74 Å². The van der Waals surface area contributed by atoms with E-state index in [0.29, 0.717) is 11.8 Å². The number of carbonyl (C=O) groups is 1. The van der Waals surface area contributed by atoms with Crippen LogP contribution in [-0.2, 0) is 16.6 Å². The maximum atomic E-state index is 11.8. The molecule has 0 saturated carbocycles. The molecule has 0 aliphatic heterocycles. The van der Waals surface area contributed by atoms with Gasteiger partial charge in [-0.05, 0) is 19.8 Å². The lowest BCUT2D eigenvalue weighted by molar-refractivity contribution is -0.142. The van der Waals surface area contributed by atoms with Crippen LogP contribution in [-0.4, -0.2) is 27.4 Å². The zero-order valence-corrected chi connectivity index (χ0v) is 12.8. The number of esters is 1. The zero-order valence-electron chi connectivity index (χ0n) is 12.0. The van der Waals surface area contributed by atoms with Crippen molar-refractivity contribution < 1.29 is 9.53 Å². The zero-order chi connectivity index (χ0) is 14.6. The van der Waals surface area contributed by atoms with Gasteiger partial charge in [0.2, 0.25) is 0 Å². The Morgan fingerprint density at radius 3 is 2.63 bits per heavy atom. The number of thioether (sulfide) groups is 1. The molecule has 0 aromatic carbocycles. The summed E-state index contributed by atoms with van der Waals surface area (Å²) in [5.74, 6) is -0.122. The highest BCUT2D eigenvalue weighted by atomic mass is 32.2. The van der Waals surface area contributed by atoms with E-state index in [0.717, 1.165) is 5.69 Å². The topological polar surface area (TPSA) is 61.2 Å². The summed E-state index contributed by atoms with van der Waals surface area (Å²) in [5, 5.41) is 0.150. The molecule has 6 heteroatoms. The summed E-state index contributed by atoms with van der Waals surface area (Å²) in [5.41, 5.74) is 0.624. The highest BCUT2D eigenvalue weighted by Gasteiger charge is 2.19. The maximum absolute atomic E-state index is 11.8. The molecule has 1 atom stereocenters. The van der Waals surface area contributed by atoms with Gasteiger partial charge in [0.05, 0.1) is 12.3 Å². The van der Waals surface area contributed by atoms with Gasteiger partial charge in [0.15, 0.2) is 5.16 Å². The largest absolute Gasteiger partial charge is 0.465 e. The average molecular weight is 284 g/mol. The van der Waals surface area contributed by atoms with Crippen molar-refractivity contribution in [3.63, 3.8) is 0 Å². The Morgan fingerprint density at radius 2 is 2.11 bits per heavy atom. The number of nitrogens with zero attached hydrogens (tertiary/aromatic N) is 2. The van der Waals surface area contributed by atoms with Crippen LogP contribution in [0.3, 0.4) is 0 Å². The number of aromatic nitrogens is 2.